The molecule has 0 bridgehead atoms. The second-order valence-electron chi connectivity index (χ2n) is 9.95. The zero-order valence-corrected chi connectivity index (χ0v) is 19.3. The molecule has 1 aromatic carbocycles. The summed E-state index contributed by atoms with van der Waals surface area (Å²) < 4.78 is 7.54. The van der Waals surface area contributed by atoms with Gasteiger partial charge in [0.25, 0.3) is 0 Å². The van der Waals surface area contributed by atoms with Crippen LogP contribution in [-0.2, 0) is 4.74 Å². The number of aryl methyl sites for hydroxylation is 1. The summed E-state index contributed by atoms with van der Waals surface area (Å²) in [6.07, 6.45) is 6.31. The molecule has 0 spiro atoms. The second-order valence-corrected chi connectivity index (χ2v) is 9.95. The predicted octanol–water partition coefficient (Wildman–Crippen LogP) is 5.49. The summed E-state index contributed by atoms with van der Waals surface area (Å²) in [6, 6.07) is 12.3. The van der Waals surface area contributed by atoms with Gasteiger partial charge in [-0.05, 0) is 80.1 Å². The highest BCUT2D eigenvalue weighted by Crippen LogP contribution is 2.39. The number of ether oxygens (including phenoxy) is 1. The van der Waals surface area contributed by atoms with Gasteiger partial charge in [0, 0.05) is 22.2 Å². The van der Waals surface area contributed by atoms with E-state index in [1.54, 1.807) is 0 Å². The minimum atomic E-state index is 0.441. The van der Waals surface area contributed by atoms with E-state index in [9.17, 15) is 0 Å². The Kier molecular flexibility index (Phi) is 4.85. The number of hydrogen-bond donors (Lipinski definition) is 1. The van der Waals surface area contributed by atoms with Gasteiger partial charge in [0.2, 0.25) is 0 Å². The van der Waals surface area contributed by atoms with Gasteiger partial charge in [0.1, 0.15) is 0 Å². The molecule has 0 unspecified atom stereocenters. The number of likely N-dealkylation sites (tertiary alicyclic amines) is 1. The first-order chi connectivity index (χ1) is 15.6. The number of nitrogens with zero attached hydrogens (tertiary/aromatic N) is 3. The van der Waals surface area contributed by atoms with Crippen LogP contribution in [0.15, 0.2) is 42.9 Å². The molecule has 2 saturated heterocycles. The summed E-state index contributed by atoms with van der Waals surface area (Å²) in [4.78, 5) is 10.7. The Morgan fingerprint density at radius 3 is 2.62 bits per heavy atom. The smallest absolute Gasteiger partial charge is 0.0994 e. The Hall–Kier alpha value is -2.63. The lowest BCUT2D eigenvalue weighted by molar-refractivity contribution is -0.0712. The highest BCUT2D eigenvalue weighted by Gasteiger charge is 2.30. The first kappa shape index (κ1) is 20.0. The van der Waals surface area contributed by atoms with Crippen molar-refractivity contribution in [3.8, 4) is 11.3 Å². The summed E-state index contributed by atoms with van der Waals surface area (Å²) in [5.74, 6) is 1.09. The van der Waals surface area contributed by atoms with E-state index in [4.69, 9.17) is 4.74 Å². The third-order valence-electron chi connectivity index (χ3n) is 7.58. The molecule has 2 aliphatic heterocycles. The number of aromatic nitrogens is 3. The number of H-pyrrole nitrogens is 1. The molecule has 5 heteroatoms. The van der Waals surface area contributed by atoms with Crippen LogP contribution in [0, 0.1) is 6.92 Å². The van der Waals surface area contributed by atoms with Crippen LogP contribution >= 0.6 is 0 Å². The third-order valence-corrected chi connectivity index (χ3v) is 7.58. The number of benzene rings is 1. The lowest BCUT2D eigenvalue weighted by Crippen LogP contribution is -2.51. The van der Waals surface area contributed by atoms with E-state index in [-0.39, 0.29) is 0 Å². The van der Waals surface area contributed by atoms with Crippen LogP contribution < -0.4 is 0 Å². The van der Waals surface area contributed by atoms with Crippen LogP contribution in [0.5, 0.6) is 0 Å². The van der Waals surface area contributed by atoms with Crippen LogP contribution in [0.3, 0.4) is 0 Å². The summed E-state index contributed by atoms with van der Waals surface area (Å²) >= 11 is 0. The van der Waals surface area contributed by atoms with Crippen LogP contribution in [0.1, 0.15) is 55.3 Å². The average molecular weight is 429 g/mol. The summed E-state index contributed by atoms with van der Waals surface area (Å²) in [6.45, 7) is 11.0. The lowest BCUT2D eigenvalue weighted by Gasteiger charge is -2.41. The van der Waals surface area contributed by atoms with Gasteiger partial charge in [-0.15, -0.1) is 0 Å². The van der Waals surface area contributed by atoms with Crippen molar-refractivity contribution in [3.63, 3.8) is 0 Å². The van der Waals surface area contributed by atoms with Crippen molar-refractivity contribution in [3.05, 3.63) is 59.7 Å². The molecule has 5 nitrogen and oxygen atoms in total. The first-order valence-electron chi connectivity index (χ1n) is 12.0. The van der Waals surface area contributed by atoms with Crippen LogP contribution in [-0.4, -0.2) is 51.6 Å². The number of piperidine rings is 1. The zero-order chi connectivity index (χ0) is 21.8. The van der Waals surface area contributed by atoms with Gasteiger partial charge in [0.15, 0.2) is 0 Å². The summed E-state index contributed by atoms with van der Waals surface area (Å²) in [5, 5.41) is 1.38. The quantitative estimate of drug-likeness (QED) is 0.467. The molecule has 4 aromatic rings. The predicted molar refractivity (Wildman–Crippen MR) is 129 cm³/mol. The maximum absolute atomic E-state index is 5.40. The molecule has 3 aromatic heterocycles. The zero-order valence-electron chi connectivity index (χ0n) is 19.3. The van der Waals surface area contributed by atoms with E-state index in [1.165, 1.54) is 64.9 Å². The van der Waals surface area contributed by atoms with Gasteiger partial charge in [-0.1, -0.05) is 19.9 Å². The van der Waals surface area contributed by atoms with Gasteiger partial charge in [-0.2, -0.15) is 0 Å². The second kappa shape index (κ2) is 7.75. The van der Waals surface area contributed by atoms with E-state index < -0.39 is 0 Å². The van der Waals surface area contributed by atoms with Gasteiger partial charge in [-0.25, -0.2) is 4.98 Å². The SMILES string of the molecule is Cc1cc(-c2[nH]c3ccc(C4CCN(C5COC5)CC4)cc3c2C(C)C)cc2cncn12. The van der Waals surface area contributed by atoms with Gasteiger partial charge in [-0.3, -0.25) is 4.90 Å². The van der Waals surface area contributed by atoms with E-state index in [2.05, 4.69) is 70.4 Å². The number of rotatable bonds is 4. The van der Waals surface area contributed by atoms with Crippen LogP contribution in [0.4, 0.5) is 0 Å². The fraction of sp³-hybridized carbons (Fsp3) is 0.444. The van der Waals surface area contributed by atoms with Gasteiger partial charge >= 0.3 is 0 Å². The highest BCUT2D eigenvalue weighted by molar-refractivity contribution is 5.92. The van der Waals surface area contributed by atoms with Gasteiger partial charge in [0.05, 0.1) is 43.0 Å². The van der Waals surface area contributed by atoms with Crippen LogP contribution in [0.2, 0.25) is 0 Å². The number of hydrogen-bond acceptors (Lipinski definition) is 3. The Balaban J connectivity index is 1.37. The molecule has 0 radical (unpaired) electrons. The molecule has 0 atom stereocenters. The molecule has 5 heterocycles. The van der Waals surface area contributed by atoms with Crippen molar-refractivity contribution < 1.29 is 4.74 Å². The average Bonchev–Trinajstić information content (AvgIpc) is 3.37. The Morgan fingerprint density at radius 1 is 1.09 bits per heavy atom. The normalized spacial score (nSPS) is 18.8. The van der Waals surface area contributed by atoms with Crippen molar-refractivity contribution in [2.75, 3.05) is 26.3 Å². The van der Waals surface area contributed by atoms with Crippen molar-refractivity contribution in [2.45, 2.75) is 51.5 Å². The maximum atomic E-state index is 5.40. The molecule has 2 aliphatic rings. The minimum absolute atomic E-state index is 0.441. The van der Waals surface area contributed by atoms with E-state index in [1.807, 2.05) is 12.5 Å². The van der Waals surface area contributed by atoms with E-state index in [0.717, 1.165) is 18.7 Å². The lowest BCUT2D eigenvalue weighted by atomic mass is 9.87. The van der Waals surface area contributed by atoms with Crippen molar-refractivity contribution >= 4 is 16.4 Å². The van der Waals surface area contributed by atoms with Crippen molar-refractivity contribution in [1.29, 1.82) is 0 Å². The van der Waals surface area contributed by atoms with Crippen LogP contribution in [0.25, 0.3) is 27.7 Å². The molecular weight excluding hydrogens is 396 g/mol. The Bertz CT molecular complexity index is 1270. The van der Waals surface area contributed by atoms with E-state index >= 15 is 0 Å². The Morgan fingerprint density at radius 2 is 1.91 bits per heavy atom. The summed E-state index contributed by atoms with van der Waals surface area (Å²) in [7, 11) is 0. The molecular formula is C27H32N4O. The number of nitrogens with one attached hydrogen (secondary N) is 1. The molecule has 1 N–H and O–H groups in total. The largest absolute Gasteiger partial charge is 0.378 e. The molecule has 0 saturated carbocycles. The van der Waals surface area contributed by atoms with Crippen molar-refractivity contribution in [1.82, 2.24) is 19.3 Å². The minimum Gasteiger partial charge on any atom is -0.378 e. The number of pyridine rings is 1. The monoisotopic (exact) mass is 428 g/mol. The standard InChI is InChI=1S/C27H32N4O/c1-17(2)26-24-12-20(19-6-8-30(9-7-19)23-14-32-15-23)4-5-25(24)29-27(26)21-10-18(3)31-16-28-13-22(31)11-21/h4-5,10-13,16-17,19,23,29H,6-9,14-15H2,1-3H3. The number of imidazole rings is 1. The van der Waals surface area contributed by atoms with Gasteiger partial charge < -0.3 is 14.1 Å². The topological polar surface area (TPSA) is 45.6 Å². The first-order valence-corrected chi connectivity index (χ1v) is 12.0. The molecule has 166 valence electrons. The molecule has 6 rings (SSSR count). The highest BCUT2D eigenvalue weighted by atomic mass is 16.5. The van der Waals surface area contributed by atoms with E-state index in [0.29, 0.717) is 17.9 Å². The molecule has 0 aliphatic carbocycles. The number of aromatic amines is 1. The molecule has 2 fully saturated rings. The number of fused-ring (bicyclic) bond motifs is 2. The third kappa shape index (κ3) is 3.26. The Labute approximate surface area is 189 Å². The fourth-order valence-electron chi connectivity index (χ4n) is 5.69. The maximum Gasteiger partial charge on any atom is 0.0994 e. The summed E-state index contributed by atoms with van der Waals surface area (Å²) in [5.41, 5.74) is 8.99. The molecule has 32 heavy (non-hydrogen) atoms. The molecule has 0 amide bonds. The fourth-order valence-corrected chi connectivity index (χ4v) is 5.69. The van der Waals surface area contributed by atoms with Crippen molar-refractivity contribution in [2.24, 2.45) is 0 Å².